The third kappa shape index (κ3) is 8.86. The van der Waals surface area contributed by atoms with Crippen LogP contribution in [0.25, 0.3) is 0 Å². The lowest BCUT2D eigenvalue weighted by atomic mass is 10.1. The molecule has 1 aliphatic heterocycles. The van der Waals surface area contributed by atoms with Gasteiger partial charge >= 0.3 is 5.97 Å². The van der Waals surface area contributed by atoms with Gasteiger partial charge in [-0.25, -0.2) is 0 Å². The summed E-state index contributed by atoms with van der Waals surface area (Å²) in [6.45, 7) is 8.76. The van der Waals surface area contributed by atoms with Crippen LogP contribution < -0.4 is 15.2 Å². The zero-order valence-corrected chi connectivity index (χ0v) is 18.5. The molecule has 6 nitrogen and oxygen atoms in total. The van der Waals surface area contributed by atoms with Crippen LogP contribution in [0.1, 0.15) is 38.7 Å². The van der Waals surface area contributed by atoms with E-state index in [0.29, 0.717) is 32.0 Å². The number of ether oxygens (including phenoxy) is 3. The fourth-order valence-corrected chi connectivity index (χ4v) is 3.13. The fourth-order valence-electron chi connectivity index (χ4n) is 3.13. The molecule has 0 unspecified atom stereocenters. The molecule has 1 atom stereocenters. The molecule has 1 aromatic carbocycles. The van der Waals surface area contributed by atoms with E-state index in [0.717, 1.165) is 24.3 Å². The van der Waals surface area contributed by atoms with Gasteiger partial charge < -0.3 is 24.8 Å². The molecular formula is C20H34Cl2N2O4. The molecule has 162 valence electrons. The van der Waals surface area contributed by atoms with Gasteiger partial charge in [-0.2, -0.15) is 0 Å². The Morgan fingerprint density at radius 2 is 1.82 bits per heavy atom. The van der Waals surface area contributed by atoms with Gasteiger partial charge in [0.25, 0.3) is 0 Å². The molecule has 1 aliphatic rings. The SMILES string of the molecule is CCOC(=O)[C@@H](N)Cc1ccc(OCCCN2CCCC2)c(OCC)c1.Cl.Cl. The lowest BCUT2D eigenvalue weighted by Crippen LogP contribution is -2.34. The van der Waals surface area contributed by atoms with Crippen molar-refractivity contribution in [1.82, 2.24) is 4.90 Å². The maximum atomic E-state index is 11.7. The largest absolute Gasteiger partial charge is 0.490 e. The van der Waals surface area contributed by atoms with Crippen LogP contribution in [0.15, 0.2) is 18.2 Å². The van der Waals surface area contributed by atoms with Gasteiger partial charge in [-0.1, -0.05) is 6.07 Å². The molecule has 1 aromatic rings. The second-order valence-electron chi connectivity index (χ2n) is 6.53. The zero-order valence-electron chi connectivity index (χ0n) is 16.9. The van der Waals surface area contributed by atoms with Crippen molar-refractivity contribution in [2.45, 2.75) is 45.6 Å². The van der Waals surface area contributed by atoms with Crippen LogP contribution >= 0.6 is 24.8 Å². The highest BCUT2D eigenvalue weighted by atomic mass is 35.5. The average molecular weight is 437 g/mol. The van der Waals surface area contributed by atoms with Crippen molar-refractivity contribution in [1.29, 1.82) is 0 Å². The quantitative estimate of drug-likeness (QED) is 0.423. The second-order valence-corrected chi connectivity index (χ2v) is 6.53. The fraction of sp³-hybridized carbons (Fsp3) is 0.650. The minimum atomic E-state index is -0.670. The molecule has 1 fully saturated rings. The molecule has 1 heterocycles. The predicted molar refractivity (Wildman–Crippen MR) is 116 cm³/mol. The topological polar surface area (TPSA) is 74.0 Å². The number of carbonyl (C=O) groups excluding carboxylic acids is 1. The smallest absolute Gasteiger partial charge is 0.323 e. The molecule has 2 N–H and O–H groups in total. The third-order valence-corrected chi connectivity index (χ3v) is 4.43. The van der Waals surface area contributed by atoms with Crippen LogP contribution in [0.3, 0.4) is 0 Å². The molecule has 1 saturated heterocycles. The summed E-state index contributed by atoms with van der Waals surface area (Å²) in [5, 5.41) is 0. The molecule has 8 heteroatoms. The van der Waals surface area contributed by atoms with Gasteiger partial charge in [0.05, 0.1) is 19.8 Å². The van der Waals surface area contributed by atoms with Gasteiger partial charge in [0, 0.05) is 6.54 Å². The molecule has 0 bridgehead atoms. The molecule has 0 amide bonds. The van der Waals surface area contributed by atoms with Crippen LogP contribution in [0.5, 0.6) is 11.5 Å². The Hall–Kier alpha value is -1.21. The van der Waals surface area contributed by atoms with Crippen LogP contribution in [0, 0.1) is 0 Å². The van der Waals surface area contributed by atoms with Gasteiger partial charge in [-0.05, 0) is 70.3 Å². The number of rotatable bonds is 11. The first-order valence-electron chi connectivity index (χ1n) is 9.67. The Morgan fingerprint density at radius 3 is 2.46 bits per heavy atom. The summed E-state index contributed by atoms with van der Waals surface area (Å²) in [5.74, 6) is 1.05. The average Bonchev–Trinajstić information content (AvgIpc) is 3.14. The highest BCUT2D eigenvalue weighted by molar-refractivity contribution is 5.85. The number of likely N-dealkylation sites (tertiary alicyclic amines) is 1. The molecule has 28 heavy (non-hydrogen) atoms. The van der Waals surface area contributed by atoms with Gasteiger partial charge in [0.2, 0.25) is 0 Å². The number of halogens is 2. The summed E-state index contributed by atoms with van der Waals surface area (Å²) in [5.41, 5.74) is 6.83. The Kier molecular flexibility index (Phi) is 14.1. The van der Waals surface area contributed by atoms with Crippen molar-refractivity contribution >= 4 is 30.8 Å². The highest BCUT2D eigenvalue weighted by Gasteiger charge is 2.17. The third-order valence-electron chi connectivity index (χ3n) is 4.43. The number of hydrogen-bond acceptors (Lipinski definition) is 6. The lowest BCUT2D eigenvalue weighted by Gasteiger charge is -2.17. The Morgan fingerprint density at radius 1 is 1.11 bits per heavy atom. The van der Waals surface area contributed by atoms with Gasteiger partial charge in [-0.15, -0.1) is 24.8 Å². The Labute approximate surface area is 180 Å². The Bertz CT molecular complexity index is 569. The van der Waals surface area contributed by atoms with Crippen molar-refractivity contribution < 1.29 is 19.0 Å². The van der Waals surface area contributed by atoms with E-state index in [4.69, 9.17) is 19.9 Å². The van der Waals surface area contributed by atoms with E-state index in [-0.39, 0.29) is 30.8 Å². The van der Waals surface area contributed by atoms with E-state index in [9.17, 15) is 4.79 Å². The highest BCUT2D eigenvalue weighted by Crippen LogP contribution is 2.29. The first kappa shape index (κ1) is 26.8. The van der Waals surface area contributed by atoms with Gasteiger partial charge in [0.1, 0.15) is 6.04 Å². The standard InChI is InChI=1S/C20H32N2O4.2ClH/c1-3-24-19-15-16(14-17(21)20(23)25-4-2)8-9-18(19)26-13-7-12-22-10-5-6-11-22;;/h8-9,15,17H,3-7,10-14,21H2,1-2H3;2*1H/t17-;;/m0../s1. The van der Waals surface area contributed by atoms with Crippen molar-refractivity contribution in [2.24, 2.45) is 5.73 Å². The van der Waals surface area contributed by atoms with E-state index < -0.39 is 6.04 Å². The Balaban J connectivity index is 0.00000364. The number of carbonyl (C=O) groups is 1. The minimum Gasteiger partial charge on any atom is -0.490 e. The summed E-state index contributed by atoms with van der Waals surface area (Å²) in [6, 6.07) is 5.06. The van der Waals surface area contributed by atoms with E-state index in [2.05, 4.69) is 4.90 Å². The van der Waals surface area contributed by atoms with E-state index >= 15 is 0 Å². The van der Waals surface area contributed by atoms with E-state index in [1.165, 1.54) is 25.9 Å². The minimum absolute atomic E-state index is 0. The summed E-state index contributed by atoms with van der Waals surface area (Å²) in [4.78, 5) is 14.2. The van der Waals surface area contributed by atoms with Crippen molar-refractivity contribution in [3.8, 4) is 11.5 Å². The number of hydrogen-bond donors (Lipinski definition) is 1. The van der Waals surface area contributed by atoms with Crippen LogP contribution in [0.2, 0.25) is 0 Å². The van der Waals surface area contributed by atoms with Crippen molar-refractivity contribution in [2.75, 3.05) is 39.5 Å². The summed E-state index contributed by atoms with van der Waals surface area (Å²) >= 11 is 0. The first-order valence-corrected chi connectivity index (χ1v) is 9.67. The van der Waals surface area contributed by atoms with Crippen LogP contribution in [-0.4, -0.2) is 56.4 Å². The normalized spacial score (nSPS) is 14.5. The van der Waals surface area contributed by atoms with Gasteiger partial charge in [-0.3, -0.25) is 4.79 Å². The van der Waals surface area contributed by atoms with Crippen LogP contribution in [0.4, 0.5) is 0 Å². The monoisotopic (exact) mass is 436 g/mol. The lowest BCUT2D eigenvalue weighted by molar-refractivity contribution is -0.144. The molecule has 0 radical (unpaired) electrons. The van der Waals surface area contributed by atoms with E-state index in [1.807, 2.05) is 25.1 Å². The predicted octanol–water partition coefficient (Wildman–Crippen LogP) is 3.23. The zero-order chi connectivity index (χ0) is 18.8. The molecule has 0 aliphatic carbocycles. The summed E-state index contributed by atoms with van der Waals surface area (Å²) < 4.78 is 16.6. The molecule has 0 saturated carbocycles. The molecule has 0 spiro atoms. The molecule has 0 aromatic heterocycles. The van der Waals surface area contributed by atoms with Crippen molar-refractivity contribution in [3.63, 3.8) is 0 Å². The number of nitrogens with two attached hydrogens (primary N) is 1. The first-order chi connectivity index (χ1) is 12.6. The number of esters is 1. The van der Waals surface area contributed by atoms with Crippen LogP contribution in [-0.2, 0) is 16.0 Å². The van der Waals surface area contributed by atoms with E-state index in [1.54, 1.807) is 6.92 Å². The summed E-state index contributed by atoms with van der Waals surface area (Å²) in [7, 11) is 0. The molecule has 2 rings (SSSR count). The molecular weight excluding hydrogens is 403 g/mol. The maximum Gasteiger partial charge on any atom is 0.323 e. The number of benzene rings is 1. The maximum absolute atomic E-state index is 11.7. The van der Waals surface area contributed by atoms with Crippen molar-refractivity contribution in [3.05, 3.63) is 23.8 Å². The van der Waals surface area contributed by atoms with Gasteiger partial charge in [0.15, 0.2) is 11.5 Å². The summed E-state index contributed by atoms with van der Waals surface area (Å²) in [6.07, 6.45) is 4.03. The number of nitrogens with zero attached hydrogens (tertiary/aromatic N) is 1. The second kappa shape index (κ2) is 14.7.